The highest BCUT2D eigenvalue weighted by atomic mass is 32.2. The first-order valence-corrected chi connectivity index (χ1v) is 9.99. The Hall–Kier alpha value is -1.52. The number of carbonyl (C=O) groups excluding carboxylic acids is 1. The summed E-state index contributed by atoms with van der Waals surface area (Å²) < 4.78 is 0. The van der Waals surface area contributed by atoms with Crippen LogP contribution in [0.15, 0.2) is 42.5 Å². The van der Waals surface area contributed by atoms with Gasteiger partial charge in [-0.05, 0) is 42.3 Å². The molecule has 2 aromatic carbocycles. The van der Waals surface area contributed by atoms with E-state index < -0.39 is 0 Å². The van der Waals surface area contributed by atoms with Crippen LogP contribution in [0.5, 0.6) is 0 Å². The van der Waals surface area contributed by atoms with E-state index in [-0.39, 0.29) is 11.3 Å². The molecule has 1 amide bonds. The zero-order valence-electron chi connectivity index (χ0n) is 14.0. The highest BCUT2D eigenvalue weighted by Crippen LogP contribution is 2.41. The Bertz CT molecular complexity index is 721. The van der Waals surface area contributed by atoms with Crippen molar-refractivity contribution in [2.75, 3.05) is 31.9 Å². The number of rotatable bonds is 4. The standard InChI is InChI=1S/C20H24N2OS/c23-19-15-24-20(22(19)14-13-21-11-4-1-5-12-21)18-10-6-8-16-7-2-3-9-17(16)18/h2-3,6-10,20H,1,4-5,11-15H2. The molecule has 24 heavy (non-hydrogen) atoms. The van der Waals surface area contributed by atoms with Crippen molar-refractivity contribution in [1.29, 1.82) is 0 Å². The third-order valence-electron chi connectivity index (χ3n) is 5.16. The van der Waals surface area contributed by atoms with E-state index in [9.17, 15) is 4.79 Å². The molecule has 2 aliphatic rings. The van der Waals surface area contributed by atoms with Crippen LogP contribution in [0.2, 0.25) is 0 Å². The SMILES string of the molecule is O=C1CSC(c2cccc3ccccc23)N1CCN1CCCCC1. The fourth-order valence-electron chi connectivity index (χ4n) is 3.85. The van der Waals surface area contributed by atoms with Gasteiger partial charge in [0.05, 0.1) is 5.75 Å². The summed E-state index contributed by atoms with van der Waals surface area (Å²) in [7, 11) is 0. The van der Waals surface area contributed by atoms with E-state index in [2.05, 4.69) is 52.3 Å². The molecule has 0 bridgehead atoms. The molecule has 4 heteroatoms. The third-order valence-corrected chi connectivity index (χ3v) is 6.40. The largest absolute Gasteiger partial charge is 0.325 e. The van der Waals surface area contributed by atoms with Crippen LogP contribution in [0.4, 0.5) is 0 Å². The maximum absolute atomic E-state index is 12.5. The highest BCUT2D eigenvalue weighted by molar-refractivity contribution is 8.00. The quantitative estimate of drug-likeness (QED) is 0.843. The van der Waals surface area contributed by atoms with Gasteiger partial charge in [-0.1, -0.05) is 48.9 Å². The van der Waals surface area contributed by atoms with Gasteiger partial charge in [0, 0.05) is 13.1 Å². The second-order valence-electron chi connectivity index (χ2n) is 6.72. The molecule has 2 aliphatic heterocycles. The summed E-state index contributed by atoms with van der Waals surface area (Å²) in [4.78, 5) is 17.1. The zero-order valence-corrected chi connectivity index (χ0v) is 14.8. The summed E-state index contributed by atoms with van der Waals surface area (Å²) in [6, 6.07) is 14.9. The van der Waals surface area contributed by atoms with Gasteiger partial charge in [-0.2, -0.15) is 0 Å². The number of nitrogens with zero attached hydrogens (tertiary/aromatic N) is 2. The molecule has 4 rings (SSSR count). The van der Waals surface area contributed by atoms with Crippen molar-refractivity contribution in [3.8, 4) is 0 Å². The van der Waals surface area contributed by atoms with Crippen molar-refractivity contribution in [3.63, 3.8) is 0 Å². The van der Waals surface area contributed by atoms with Crippen LogP contribution in [-0.4, -0.2) is 47.6 Å². The molecule has 126 valence electrons. The van der Waals surface area contributed by atoms with Gasteiger partial charge < -0.3 is 9.80 Å². The molecular weight excluding hydrogens is 316 g/mol. The number of hydrogen-bond acceptors (Lipinski definition) is 3. The van der Waals surface area contributed by atoms with Gasteiger partial charge in [0.1, 0.15) is 5.37 Å². The van der Waals surface area contributed by atoms with Crippen LogP contribution in [0.3, 0.4) is 0 Å². The van der Waals surface area contributed by atoms with Crippen LogP contribution in [0, 0.1) is 0 Å². The van der Waals surface area contributed by atoms with Crippen molar-refractivity contribution in [2.45, 2.75) is 24.6 Å². The number of amides is 1. The van der Waals surface area contributed by atoms with Crippen molar-refractivity contribution in [2.24, 2.45) is 0 Å². The van der Waals surface area contributed by atoms with Crippen LogP contribution >= 0.6 is 11.8 Å². The van der Waals surface area contributed by atoms with Crippen LogP contribution in [-0.2, 0) is 4.79 Å². The number of thioether (sulfide) groups is 1. The summed E-state index contributed by atoms with van der Waals surface area (Å²) in [5.41, 5.74) is 1.28. The lowest BCUT2D eigenvalue weighted by Crippen LogP contribution is -2.39. The highest BCUT2D eigenvalue weighted by Gasteiger charge is 2.33. The van der Waals surface area contributed by atoms with Crippen LogP contribution in [0.25, 0.3) is 10.8 Å². The Morgan fingerprint density at radius 3 is 2.62 bits per heavy atom. The minimum atomic E-state index is 0.161. The van der Waals surface area contributed by atoms with Crippen LogP contribution < -0.4 is 0 Å². The Balaban J connectivity index is 1.55. The lowest BCUT2D eigenvalue weighted by molar-refractivity contribution is -0.128. The molecule has 3 nitrogen and oxygen atoms in total. The first kappa shape index (κ1) is 16.0. The Kier molecular flexibility index (Phi) is 4.76. The molecule has 2 heterocycles. The molecule has 0 N–H and O–H groups in total. The summed E-state index contributed by atoms with van der Waals surface area (Å²) >= 11 is 1.77. The molecular formula is C20H24N2OS. The minimum Gasteiger partial charge on any atom is -0.325 e. The second kappa shape index (κ2) is 7.16. The van der Waals surface area contributed by atoms with Gasteiger partial charge in [-0.3, -0.25) is 4.79 Å². The van der Waals surface area contributed by atoms with Crippen molar-refractivity contribution >= 4 is 28.4 Å². The molecule has 2 fully saturated rings. The Labute approximate surface area is 148 Å². The number of carbonyl (C=O) groups is 1. The fraction of sp³-hybridized carbons (Fsp3) is 0.450. The van der Waals surface area contributed by atoms with Crippen LogP contribution in [0.1, 0.15) is 30.2 Å². The molecule has 2 saturated heterocycles. The number of fused-ring (bicyclic) bond motifs is 1. The second-order valence-corrected chi connectivity index (χ2v) is 7.79. The maximum Gasteiger partial charge on any atom is 0.233 e. The predicted octanol–water partition coefficient (Wildman–Crippen LogP) is 3.90. The van der Waals surface area contributed by atoms with Crippen molar-refractivity contribution in [3.05, 3.63) is 48.0 Å². The lowest BCUT2D eigenvalue weighted by Gasteiger charge is -2.31. The van der Waals surface area contributed by atoms with Gasteiger partial charge >= 0.3 is 0 Å². The van der Waals surface area contributed by atoms with Crippen molar-refractivity contribution < 1.29 is 4.79 Å². The number of piperidine rings is 1. The molecule has 1 atom stereocenters. The summed E-state index contributed by atoms with van der Waals surface area (Å²) in [6.45, 7) is 4.23. The molecule has 0 aromatic heterocycles. The van der Waals surface area contributed by atoms with E-state index in [1.165, 1.54) is 48.7 Å². The average Bonchev–Trinajstić information content (AvgIpc) is 3.01. The summed E-state index contributed by atoms with van der Waals surface area (Å²) in [5, 5.41) is 2.69. The molecule has 0 aliphatic carbocycles. The lowest BCUT2D eigenvalue weighted by atomic mass is 10.0. The number of likely N-dealkylation sites (tertiary alicyclic amines) is 1. The first-order chi connectivity index (χ1) is 11.8. The fourth-order valence-corrected chi connectivity index (χ4v) is 5.11. The van der Waals surface area contributed by atoms with Gasteiger partial charge in [0.25, 0.3) is 0 Å². The third kappa shape index (κ3) is 3.17. The average molecular weight is 340 g/mol. The van der Waals surface area contributed by atoms with Gasteiger partial charge in [0.15, 0.2) is 0 Å². The van der Waals surface area contributed by atoms with Gasteiger partial charge in [-0.25, -0.2) is 0 Å². The van der Waals surface area contributed by atoms with Gasteiger partial charge in [-0.15, -0.1) is 11.8 Å². The normalized spacial score (nSPS) is 22.4. The van der Waals surface area contributed by atoms with E-state index in [0.717, 1.165) is 13.1 Å². The Morgan fingerprint density at radius 2 is 1.75 bits per heavy atom. The van der Waals surface area contributed by atoms with E-state index >= 15 is 0 Å². The molecule has 1 unspecified atom stereocenters. The van der Waals surface area contributed by atoms with E-state index in [0.29, 0.717) is 5.75 Å². The summed E-state index contributed by atoms with van der Waals surface area (Å²) in [6.07, 6.45) is 3.96. The molecule has 0 radical (unpaired) electrons. The summed E-state index contributed by atoms with van der Waals surface area (Å²) in [5.74, 6) is 0.892. The monoisotopic (exact) mass is 340 g/mol. The molecule has 2 aromatic rings. The minimum absolute atomic E-state index is 0.161. The van der Waals surface area contributed by atoms with Crippen molar-refractivity contribution in [1.82, 2.24) is 9.80 Å². The Morgan fingerprint density at radius 1 is 0.958 bits per heavy atom. The predicted molar refractivity (Wildman–Crippen MR) is 101 cm³/mol. The van der Waals surface area contributed by atoms with E-state index in [1.807, 2.05) is 0 Å². The zero-order chi connectivity index (χ0) is 16.4. The maximum atomic E-state index is 12.5. The van der Waals surface area contributed by atoms with E-state index in [1.54, 1.807) is 11.8 Å². The topological polar surface area (TPSA) is 23.6 Å². The smallest absolute Gasteiger partial charge is 0.233 e. The van der Waals surface area contributed by atoms with Gasteiger partial charge in [0.2, 0.25) is 5.91 Å². The molecule has 0 saturated carbocycles. The first-order valence-electron chi connectivity index (χ1n) is 8.94. The molecule has 0 spiro atoms. The van der Waals surface area contributed by atoms with E-state index in [4.69, 9.17) is 0 Å². The number of hydrogen-bond donors (Lipinski definition) is 0. The number of benzene rings is 2.